The molecule has 1 atom stereocenters. The van der Waals surface area contributed by atoms with Crippen LogP contribution in [0.5, 0.6) is 0 Å². The van der Waals surface area contributed by atoms with Gasteiger partial charge in [-0.05, 0) is 66.2 Å². The monoisotopic (exact) mass is 515 g/mol. The van der Waals surface area contributed by atoms with Crippen molar-refractivity contribution in [1.82, 2.24) is 0 Å². The highest BCUT2D eigenvalue weighted by atomic mass is 35.5. The Bertz CT molecular complexity index is 1540. The SMILES string of the molecule is CN(C)c1ccc(C2C(C(=O)c3cc4cc(Cl)ccc4o3)=C(O)C(=O)N2c2ccc(N(C)C)cc2)cc1. The molecule has 1 aromatic heterocycles. The summed E-state index contributed by atoms with van der Waals surface area (Å²) in [5, 5.41) is 12.2. The van der Waals surface area contributed by atoms with Crippen molar-refractivity contribution in [3.63, 3.8) is 0 Å². The van der Waals surface area contributed by atoms with Gasteiger partial charge >= 0.3 is 0 Å². The van der Waals surface area contributed by atoms with E-state index in [1.54, 1.807) is 36.4 Å². The van der Waals surface area contributed by atoms with E-state index in [-0.39, 0.29) is 11.3 Å². The lowest BCUT2D eigenvalue weighted by atomic mass is 9.94. The summed E-state index contributed by atoms with van der Waals surface area (Å²) in [5.74, 6) is -1.79. The fourth-order valence-corrected chi connectivity index (χ4v) is 4.72. The maximum Gasteiger partial charge on any atom is 0.294 e. The van der Waals surface area contributed by atoms with Crippen molar-refractivity contribution in [3.05, 3.63) is 100 Å². The molecule has 0 radical (unpaired) electrons. The van der Waals surface area contributed by atoms with Gasteiger partial charge in [0.2, 0.25) is 5.78 Å². The van der Waals surface area contributed by atoms with Crippen molar-refractivity contribution in [2.24, 2.45) is 0 Å². The van der Waals surface area contributed by atoms with Crippen LogP contribution >= 0.6 is 11.6 Å². The number of rotatable bonds is 6. The molecule has 8 heteroatoms. The number of benzene rings is 3. The molecule has 0 aliphatic carbocycles. The summed E-state index contributed by atoms with van der Waals surface area (Å²) in [6.07, 6.45) is 0. The molecule has 3 aromatic carbocycles. The number of nitrogens with zero attached hydrogens (tertiary/aromatic N) is 3. The summed E-state index contributed by atoms with van der Waals surface area (Å²) < 4.78 is 5.80. The van der Waals surface area contributed by atoms with E-state index in [0.717, 1.165) is 11.4 Å². The summed E-state index contributed by atoms with van der Waals surface area (Å²) in [6, 6.07) is 20.7. The highest BCUT2D eigenvalue weighted by Gasteiger charge is 2.45. The minimum absolute atomic E-state index is 0.0198. The Morgan fingerprint density at radius 1 is 0.892 bits per heavy atom. The lowest BCUT2D eigenvalue weighted by Gasteiger charge is -2.27. The van der Waals surface area contributed by atoms with Crippen molar-refractivity contribution < 1.29 is 19.1 Å². The van der Waals surface area contributed by atoms with Crippen molar-refractivity contribution in [2.75, 3.05) is 42.9 Å². The Kier molecular flexibility index (Phi) is 6.17. The van der Waals surface area contributed by atoms with Gasteiger partial charge in [0, 0.05) is 55.7 Å². The average molecular weight is 516 g/mol. The van der Waals surface area contributed by atoms with Crippen LogP contribution in [0.3, 0.4) is 0 Å². The zero-order chi connectivity index (χ0) is 26.4. The Hall–Kier alpha value is -4.23. The van der Waals surface area contributed by atoms with Gasteiger partial charge in [0.25, 0.3) is 5.91 Å². The number of Topliss-reactive ketones (excluding diaryl/α,β-unsaturated/α-hetero) is 1. The van der Waals surface area contributed by atoms with Gasteiger partial charge in [-0.1, -0.05) is 23.7 Å². The van der Waals surface area contributed by atoms with Gasteiger partial charge < -0.3 is 19.3 Å². The fourth-order valence-electron chi connectivity index (χ4n) is 4.54. The van der Waals surface area contributed by atoms with Crippen LogP contribution in [0.15, 0.2) is 88.5 Å². The number of halogens is 1. The van der Waals surface area contributed by atoms with Gasteiger partial charge in [0.1, 0.15) is 5.58 Å². The van der Waals surface area contributed by atoms with Gasteiger partial charge in [-0.3, -0.25) is 14.5 Å². The normalized spacial score (nSPS) is 15.5. The van der Waals surface area contributed by atoms with Crippen LogP contribution in [0.25, 0.3) is 11.0 Å². The topological polar surface area (TPSA) is 77.2 Å². The molecule has 0 spiro atoms. The molecule has 0 bridgehead atoms. The maximum atomic E-state index is 13.8. The predicted molar refractivity (Wildman–Crippen MR) is 147 cm³/mol. The van der Waals surface area contributed by atoms with Crippen molar-refractivity contribution in [2.45, 2.75) is 6.04 Å². The molecule has 7 nitrogen and oxygen atoms in total. The van der Waals surface area contributed by atoms with E-state index in [0.29, 0.717) is 27.2 Å². The lowest BCUT2D eigenvalue weighted by Crippen LogP contribution is -2.31. The lowest BCUT2D eigenvalue weighted by molar-refractivity contribution is -0.117. The minimum atomic E-state index is -0.849. The Labute approximate surface area is 219 Å². The number of furan rings is 1. The van der Waals surface area contributed by atoms with Crippen molar-refractivity contribution in [1.29, 1.82) is 0 Å². The third-order valence-corrected chi connectivity index (χ3v) is 6.76. The largest absolute Gasteiger partial charge is 0.503 e. The summed E-state index contributed by atoms with van der Waals surface area (Å²) in [4.78, 5) is 32.6. The number of aliphatic hydroxyl groups is 1. The van der Waals surface area contributed by atoms with Gasteiger partial charge in [0.15, 0.2) is 11.5 Å². The van der Waals surface area contributed by atoms with E-state index >= 15 is 0 Å². The molecule has 2 heterocycles. The maximum absolute atomic E-state index is 13.8. The van der Waals surface area contributed by atoms with E-state index in [1.165, 1.54) is 4.90 Å². The quantitative estimate of drug-likeness (QED) is 0.317. The smallest absolute Gasteiger partial charge is 0.294 e. The van der Waals surface area contributed by atoms with Crippen molar-refractivity contribution >= 4 is 51.3 Å². The number of fused-ring (bicyclic) bond motifs is 1. The summed E-state index contributed by atoms with van der Waals surface area (Å²) in [7, 11) is 7.72. The molecule has 4 aromatic rings. The predicted octanol–water partition coefficient (Wildman–Crippen LogP) is 6.00. The third-order valence-electron chi connectivity index (χ3n) is 6.52. The zero-order valence-electron chi connectivity index (χ0n) is 20.9. The number of aliphatic hydroxyl groups excluding tert-OH is 1. The average Bonchev–Trinajstić information content (AvgIpc) is 3.42. The number of carbonyl (C=O) groups is 2. The van der Waals surface area contributed by atoms with Crippen LogP contribution in [0.4, 0.5) is 17.1 Å². The highest BCUT2D eigenvalue weighted by molar-refractivity contribution is 6.31. The van der Waals surface area contributed by atoms with Crippen LogP contribution in [-0.4, -0.2) is 45.0 Å². The molecule has 0 saturated heterocycles. The molecule has 5 rings (SSSR count). The first kappa shape index (κ1) is 24.5. The molecule has 1 aliphatic heterocycles. The Balaban J connectivity index is 1.63. The summed E-state index contributed by atoms with van der Waals surface area (Å²) >= 11 is 6.10. The van der Waals surface area contributed by atoms with Gasteiger partial charge in [0.05, 0.1) is 11.6 Å². The van der Waals surface area contributed by atoms with Crippen molar-refractivity contribution in [3.8, 4) is 0 Å². The Morgan fingerprint density at radius 3 is 2.08 bits per heavy atom. The zero-order valence-corrected chi connectivity index (χ0v) is 21.7. The van der Waals surface area contributed by atoms with Crippen LogP contribution in [0.1, 0.15) is 22.2 Å². The first-order valence-corrected chi connectivity index (χ1v) is 12.1. The first-order chi connectivity index (χ1) is 17.7. The molecular weight excluding hydrogens is 490 g/mol. The molecule has 1 unspecified atom stereocenters. The molecule has 1 aliphatic rings. The molecule has 1 N–H and O–H groups in total. The third kappa shape index (κ3) is 4.32. The number of ketones is 1. The summed E-state index contributed by atoms with van der Waals surface area (Å²) in [5.41, 5.74) is 3.61. The van der Waals surface area contributed by atoms with Crippen LogP contribution in [0.2, 0.25) is 5.02 Å². The number of carbonyl (C=O) groups excluding carboxylic acids is 2. The van der Waals surface area contributed by atoms with Gasteiger partial charge in [-0.15, -0.1) is 0 Å². The minimum Gasteiger partial charge on any atom is -0.503 e. The standard InChI is InChI=1S/C29H26ClN3O4/c1-31(2)20-8-5-17(6-9-20)26-25(27(34)24-16-18-15-19(30)7-14-23(18)37-24)28(35)29(36)33(26)22-12-10-21(11-13-22)32(3)4/h5-16,26,35H,1-4H3. The second kappa shape index (κ2) is 9.33. The molecule has 0 fully saturated rings. The summed E-state index contributed by atoms with van der Waals surface area (Å²) in [6.45, 7) is 0. The molecular formula is C29H26ClN3O4. The van der Waals surface area contributed by atoms with E-state index in [4.69, 9.17) is 16.0 Å². The first-order valence-electron chi connectivity index (χ1n) is 11.7. The molecule has 188 valence electrons. The molecule has 37 heavy (non-hydrogen) atoms. The Morgan fingerprint density at radius 2 is 1.49 bits per heavy atom. The molecule has 1 amide bonds. The van der Waals surface area contributed by atoms with Gasteiger partial charge in [-0.25, -0.2) is 0 Å². The highest BCUT2D eigenvalue weighted by Crippen LogP contribution is 2.43. The number of anilines is 3. The number of amides is 1. The number of hydrogen-bond donors (Lipinski definition) is 1. The second-order valence-corrected chi connectivity index (χ2v) is 9.80. The van der Waals surface area contributed by atoms with Gasteiger partial charge in [-0.2, -0.15) is 0 Å². The van der Waals surface area contributed by atoms with E-state index in [2.05, 4.69) is 0 Å². The van der Waals surface area contributed by atoms with E-state index in [1.807, 2.05) is 74.4 Å². The van der Waals surface area contributed by atoms with Crippen LogP contribution in [-0.2, 0) is 4.79 Å². The molecule has 0 saturated carbocycles. The van der Waals surface area contributed by atoms with E-state index < -0.39 is 23.5 Å². The van der Waals surface area contributed by atoms with Crippen LogP contribution < -0.4 is 14.7 Å². The van der Waals surface area contributed by atoms with E-state index in [9.17, 15) is 14.7 Å². The number of hydrogen-bond acceptors (Lipinski definition) is 6. The van der Waals surface area contributed by atoms with Crippen LogP contribution in [0, 0.1) is 0 Å². The fraction of sp³-hybridized carbons (Fsp3) is 0.172. The second-order valence-electron chi connectivity index (χ2n) is 9.36.